The number of hydrogen-bond acceptors (Lipinski definition) is 26. The van der Waals surface area contributed by atoms with Crippen LogP contribution in [-0.4, -0.2) is 177 Å². The number of carboxylic acid groups (broad SMARTS) is 1. The molecule has 0 spiro atoms. The fraction of sp³-hybridized carbons (Fsp3) is 0.414. The summed E-state index contributed by atoms with van der Waals surface area (Å²) < 4.78 is 98.7. The fourth-order valence-corrected chi connectivity index (χ4v) is 16.7. The number of carbonyl (C=O) groups excluding carboxylic acids is 5. The van der Waals surface area contributed by atoms with E-state index in [1.165, 1.54) is 72.4 Å². The minimum atomic E-state index is -3.13. The lowest BCUT2D eigenvalue weighted by Crippen LogP contribution is -2.29. The third-order valence-corrected chi connectivity index (χ3v) is 23.8. The molecule has 6 heterocycles. The van der Waals surface area contributed by atoms with Gasteiger partial charge in [-0.2, -0.15) is 0 Å². The number of benzene rings is 6. The van der Waals surface area contributed by atoms with Crippen LogP contribution in [0.1, 0.15) is 195 Å². The summed E-state index contributed by atoms with van der Waals surface area (Å²) in [5.41, 5.74) is 10.3. The number of methoxy groups -OCH3 is 3. The van der Waals surface area contributed by atoms with Gasteiger partial charge >= 0.3 is 21.2 Å². The largest absolute Gasteiger partial charge is 0.505 e. The van der Waals surface area contributed by atoms with E-state index in [1.807, 2.05) is 39.5 Å². The number of aromatic hydroxyl groups is 3. The quantitative estimate of drug-likeness (QED) is 0.0148. The predicted molar refractivity (Wildman–Crippen MR) is 482 cm³/mol. The Labute approximate surface area is 738 Å². The number of thiol groups is 3. The number of nitrogens with zero attached hydrogens (tertiary/aromatic N) is 7. The van der Waals surface area contributed by atoms with Crippen LogP contribution in [0.5, 0.6) is 34.5 Å². The summed E-state index contributed by atoms with van der Waals surface area (Å²) >= 11 is 13.8. The van der Waals surface area contributed by atoms with Crippen molar-refractivity contribution in [1.29, 1.82) is 0 Å². The maximum absolute atomic E-state index is 13.1. The van der Waals surface area contributed by atoms with Crippen molar-refractivity contribution in [2.75, 3.05) is 86.5 Å². The number of halogens is 3. The third kappa shape index (κ3) is 27.9. The second-order valence-electron chi connectivity index (χ2n) is 27.0. The molecule has 0 fully saturated rings. The Kier molecular flexibility index (Phi) is 44.1. The van der Waals surface area contributed by atoms with Crippen LogP contribution in [0.2, 0.25) is 0 Å². The van der Waals surface area contributed by atoms with Gasteiger partial charge in [0, 0.05) is 103 Å². The lowest BCUT2D eigenvalue weighted by molar-refractivity contribution is -0.137. The van der Waals surface area contributed by atoms with Crippen LogP contribution >= 0.6 is 53.1 Å². The number of phenols is 3. The number of carboxylic acids is 1. The minimum absolute atomic E-state index is 0.0469. The van der Waals surface area contributed by atoms with E-state index in [2.05, 4.69) is 77.3 Å². The molecule has 37 heteroatoms. The second kappa shape index (κ2) is 52.2. The Morgan fingerprint density at radius 2 is 0.774 bits per heavy atom. The Balaban J connectivity index is 0.000000267. The van der Waals surface area contributed by atoms with E-state index in [9.17, 15) is 66.4 Å². The third-order valence-electron chi connectivity index (χ3n) is 18.6. The molecule has 6 aromatic carbocycles. The highest BCUT2D eigenvalue weighted by Gasteiger charge is 2.45. The number of pyridine rings is 3. The van der Waals surface area contributed by atoms with E-state index in [4.69, 9.17) is 43.1 Å². The second-order valence-corrected chi connectivity index (χ2v) is 32.6. The molecule has 5 amide bonds. The number of nitrogens with two attached hydrogens (primary N) is 1. The molecule has 3 aliphatic heterocycles. The first-order chi connectivity index (χ1) is 59.3. The Bertz CT molecular complexity index is 4700. The molecule has 8 N–H and O–H groups in total. The van der Waals surface area contributed by atoms with Gasteiger partial charge in [0.05, 0.1) is 70.7 Å². The number of ether oxygens (including phenoxy) is 3. The summed E-state index contributed by atoms with van der Waals surface area (Å²) in [7, 11) is -1.53. The molecule has 3 unspecified atom stereocenters. The Morgan fingerprint density at radius 1 is 0.476 bits per heavy atom. The van der Waals surface area contributed by atoms with Gasteiger partial charge in [0.25, 0.3) is 17.7 Å². The van der Waals surface area contributed by atoms with E-state index >= 15 is 0 Å². The lowest BCUT2D eigenvalue weighted by Gasteiger charge is -2.22. The number of carbonyl (C=O) groups is 6. The fourth-order valence-electron chi connectivity index (χ4n) is 12.9. The molecule has 3 atom stereocenters. The highest BCUT2D eigenvalue weighted by Crippen LogP contribution is 2.54. The van der Waals surface area contributed by atoms with Gasteiger partial charge in [-0.1, -0.05) is 71.0 Å². The summed E-state index contributed by atoms with van der Waals surface area (Å²) in [5.74, 6) is -1.82. The number of nitrogens with one attached hydrogen (secondary N) is 2. The molecule has 0 bridgehead atoms. The standard InChI is InChI=1S/3C19H15FN2O3S.C9H20NO4P.C8H17NO.C5H14NO3P.C4H11N.C4H8O2/c3*1-25-17-12-3-2-8-21-15(12)16(23)13-14(17)19(26)22(18(13)24)9-10-4-6-11(20)7-5-10;1-4-7-9(11)10-8-15(12,13-5-2)14-6-3;1-4-7-8(10)9(5-2)6-3;1-3-8-10(7,5-6)9-4-2;1-3-5-4-2;1-2-3-4(5)6/h3*2-8,19,23,26H,9H2,1H3;4-8H2,1-3H3,(H,10,11);4-7H2,1-3H3;3-6H2,1-2H3;5H,3-4H2,1-2H3;2-3H2,1H3,(H,5,6). The molecule has 3 aromatic heterocycles. The van der Waals surface area contributed by atoms with Crippen molar-refractivity contribution in [3.63, 3.8) is 0 Å². The van der Waals surface area contributed by atoms with E-state index < -0.39 is 37.3 Å². The van der Waals surface area contributed by atoms with Gasteiger partial charge in [-0.25, -0.2) is 13.2 Å². The van der Waals surface area contributed by atoms with E-state index in [-0.39, 0.29) is 113 Å². The molecular weight excluding hydrogens is 1700 g/mol. The SMILES string of the molecule is CCCC(=O)N(CC)CC.CCCC(=O)NCP(=O)(OCC)OCC.CCCC(=O)O.CCNCC.CCOP(=O)(CN)OCC.COc1c2c(c(O)c3ncccc13)C(=O)N(Cc1ccc(F)cc1)C2S.COc1c2c(c(O)c3ncccc13)C(=O)N(Cc1ccc(F)cc1)C2S.COc1c2c(c(O)c3ncccc13)C(=O)N(Cc1ccc(F)cc1)C2S. The van der Waals surface area contributed by atoms with E-state index in [0.29, 0.717) is 112 Å². The highest BCUT2D eigenvalue weighted by atomic mass is 32.1. The van der Waals surface area contributed by atoms with Crippen LogP contribution in [0.4, 0.5) is 13.2 Å². The number of aromatic nitrogens is 3. The lowest BCUT2D eigenvalue weighted by atomic mass is 10.0. The van der Waals surface area contributed by atoms with Gasteiger partial charge in [-0.3, -0.25) is 52.8 Å². The van der Waals surface area contributed by atoms with Gasteiger partial charge in [0.2, 0.25) is 11.8 Å². The number of hydrogen-bond donors (Lipinski definition) is 10. The van der Waals surface area contributed by atoms with Gasteiger partial charge in [-0.15, -0.1) is 37.9 Å². The summed E-state index contributed by atoms with van der Waals surface area (Å²) in [6.07, 6.45) is 8.40. The first kappa shape index (κ1) is 105. The van der Waals surface area contributed by atoms with Crippen LogP contribution in [-0.2, 0) is 61.2 Å². The van der Waals surface area contributed by atoms with Gasteiger partial charge in [0.1, 0.15) is 73.7 Å². The Morgan fingerprint density at radius 3 is 1.01 bits per heavy atom. The van der Waals surface area contributed by atoms with Crippen molar-refractivity contribution in [1.82, 2.24) is 45.2 Å². The summed E-state index contributed by atoms with van der Waals surface area (Å²) in [4.78, 5) is 89.7. The maximum atomic E-state index is 13.1. The average Bonchev–Trinajstić information content (AvgIpc) is 1.58. The van der Waals surface area contributed by atoms with Gasteiger partial charge in [0.15, 0.2) is 17.2 Å². The molecule has 0 aliphatic carbocycles. The molecule has 9 aromatic rings. The number of aliphatic carboxylic acids is 1. The van der Waals surface area contributed by atoms with Crippen molar-refractivity contribution in [3.8, 4) is 34.5 Å². The topological polar surface area (TPSA) is 384 Å². The molecule has 29 nitrogen and oxygen atoms in total. The maximum Gasteiger partial charge on any atom is 0.349 e. The van der Waals surface area contributed by atoms with E-state index in [1.54, 1.807) is 119 Å². The monoisotopic (exact) mass is 1820 g/mol. The predicted octanol–water partition coefficient (Wildman–Crippen LogP) is 17.5. The number of rotatable bonds is 30. The van der Waals surface area contributed by atoms with Crippen LogP contribution in [0.15, 0.2) is 128 Å². The minimum Gasteiger partial charge on any atom is -0.505 e. The van der Waals surface area contributed by atoms with Crippen molar-refractivity contribution in [3.05, 3.63) is 195 Å². The number of phenolic OH excluding ortho intramolecular Hbond substituents is 3. The summed E-state index contributed by atoms with van der Waals surface area (Å²) in [5, 5.41) is 45.5. The molecule has 0 radical (unpaired) electrons. The summed E-state index contributed by atoms with van der Waals surface area (Å²) in [6.45, 7) is 26.9. The molecule has 0 saturated heterocycles. The number of fused-ring (bicyclic) bond motifs is 6. The normalized spacial score (nSPS) is 14.0. The molecule has 124 heavy (non-hydrogen) atoms. The highest BCUT2D eigenvalue weighted by molar-refractivity contribution is 7.81. The summed E-state index contributed by atoms with van der Waals surface area (Å²) in [6, 6.07) is 28.2. The zero-order valence-electron chi connectivity index (χ0n) is 72.3. The van der Waals surface area contributed by atoms with Gasteiger partial charge in [-0.05, 0) is 163 Å². The van der Waals surface area contributed by atoms with Crippen molar-refractivity contribution in [2.45, 2.75) is 150 Å². The van der Waals surface area contributed by atoms with Crippen molar-refractivity contribution >= 4 is 121 Å². The van der Waals surface area contributed by atoms with Crippen LogP contribution in [0, 0.1) is 17.5 Å². The smallest absolute Gasteiger partial charge is 0.349 e. The molecule has 3 aliphatic rings. The molecule has 0 saturated carbocycles. The van der Waals surface area contributed by atoms with Crippen LogP contribution < -0.4 is 30.6 Å². The first-order valence-corrected chi connectivity index (χ1v) is 45.4. The molecule has 676 valence electrons. The zero-order valence-corrected chi connectivity index (χ0v) is 76.8. The zero-order chi connectivity index (χ0) is 92.1. The van der Waals surface area contributed by atoms with Crippen molar-refractivity contribution < 1.29 is 104 Å². The van der Waals surface area contributed by atoms with Crippen LogP contribution in [0.25, 0.3) is 32.7 Å². The van der Waals surface area contributed by atoms with Crippen molar-refractivity contribution in [2.24, 2.45) is 5.73 Å². The Hall–Kier alpha value is -9.77. The average molecular weight is 1820 g/mol. The first-order valence-electron chi connectivity index (χ1n) is 40.4. The van der Waals surface area contributed by atoms with Gasteiger partial charge < -0.3 is 88.7 Å². The van der Waals surface area contributed by atoms with E-state index in [0.717, 1.165) is 62.1 Å². The molecular formula is C87H115F3N10O19P2S3. The molecule has 12 rings (SSSR count). The number of amides is 5. The van der Waals surface area contributed by atoms with Crippen LogP contribution in [0.3, 0.4) is 0 Å².